The second kappa shape index (κ2) is 51.5. The maximum atomic E-state index is 13.5. The lowest BCUT2D eigenvalue weighted by molar-refractivity contribution is -0.870. The van der Waals surface area contributed by atoms with Crippen molar-refractivity contribution in [2.24, 2.45) is 0 Å². The Labute approximate surface area is 439 Å². The predicted molar refractivity (Wildman–Crippen MR) is 302 cm³/mol. The number of phosphoric ester groups is 1. The van der Waals surface area contributed by atoms with Crippen LogP contribution in [0.5, 0.6) is 0 Å². The van der Waals surface area contributed by atoms with Crippen LogP contribution < -0.4 is 10.2 Å². The smallest absolute Gasteiger partial charge is 0.306 e. The lowest BCUT2D eigenvalue weighted by atomic mass is 10.0. The van der Waals surface area contributed by atoms with Crippen LogP contribution in [0.1, 0.15) is 278 Å². The van der Waals surface area contributed by atoms with Gasteiger partial charge in [0.2, 0.25) is 5.91 Å². The van der Waals surface area contributed by atoms with Crippen molar-refractivity contribution in [3.05, 3.63) is 48.6 Å². The van der Waals surface area contributed by atoms with Crippen molar-refractivity contribution in [3.63, 3.8) is 0 Å². The van der Waals surface area contributed by atoms with E-state index in [1.54, 1.807) is 0 Å². The van der Waals surface area contributed by atoms with Gasteiger partial charge in [0.1, 0.15) is 19.3 Å². The third-order valence-electron chi connectivity index (χ3n) is 13.3. The van der Waals surface area contributed by atoms with E-state index in [2.05, 4.69) is 62.5 Å². The zero-order valence-corrected chi connectivity index (χ0v) is 48.3. The molecule has 0 aromatic carbocycles. The molecule has 0 aromatic rings. The van der Waals surface area contributed by atoms with E-state index in [0.717, 1.165) is 89.9 Å². The first-order chi connectivity index (χ1) is 34.4. The highest BCUT2D eigenvalue weighted by molar-refractivity contribution is 7.45. The number of amides is 1. The summed E-state index contributed by atoms with van der Waals surface area (Å²) in [7, 11) is 1.18. The van der Waals surface area contributed by atoms with Gasteiger partial charge in [0.05, 0.1) is 33.8 Å². The molecule has 0 heterocycles. The number of carbonyl (C=O) groups excluding carboxylic acids is 2. The molecule has 0 aromatic heterocycles. The molecule has 1 N–H and O–H groups in total. The highest BCUT2D eigenvalue weighted by Crippen LogP contribution is 2.38. The minimum absolute atomic E-state index is 0.0242. The van der Waals surface area contributed by atoms with Gasteiger partial charge in [0.25, 0.3) is 7.82 Å². The lowest BCUT2D eigenvalue weighted by Crippen LogP contribution is -2.47. The van der Waals surface area contributed by atoms with E-state index in [-0.39, 0.29) is 24.9 Å². The molecule has 0 rings (SSSR count). The quantitative estimate of drug-likeness (QED) is 0.0212. The topological polar surface area (TPSA) is 114 Å². The molecule has 10 heteroatoms. The van der Waals surface area contributed by atoms with Gasteiger partial charge in [-0.1, -0.05) is 243 Å². The number of likely N-dealkylation sites (N-methyl/N-ethyl adjacent to an activating group) is 1. The van der Waals surface area contributed by atoms with Crippen LogP contribution in [0.2, 0.25) is 0 Å². The number of nitrogens with zero attached hydrogens (tertiary/aromatic N) is 1. The van der Waals surface area contributed by atoms with Gasteiger partial charge in [-0.25, -0.2) is 0 Å². The Morgan fingerprint density at radius 2 is 0.859 bits per heavy atom. The maximum absolute atomic E-state index is 13.5. The number of carbonyl (C=O) groups is 2. The normalized spacial score (nSPS) is 14.1. The van der Waals surface area contributed by atoms with Crippen molar-refractivity contribution in [2.75, 3.05) is 40.9 Å². The van der Waals surface area contributed by atoms with Crippen molar-refractivity contribution in [1.29, 1.82) is 0 Å². The van der Waals surface area contributed by atoms with Gasteiger partial charge in [0.15, 0.2) is 0 Å². The second-order valence-electron chi connectivity index (χ2n) is 21.5. The highest BCUT2D eigenvalue weighted by atomic mass is 31.2. The standard InChI is InChI=1S/C61H115N2O7P/c1-7-10-13-16-19-22-25-28-29-30-31-32-33-36-38-41-44-47-50-53-60(64)62-58(57-69-71(66,67)68-56-55-63(4,5)6)59(52-49-46-43-40-37-34-26-23-20-17-14-11-8-2)70-61(65)54-51-48-45-42-39-35-27-24-21-18-15-12-9-3/h19,22,28-29,31-32,49,52,58-59H,7-18,20-21,23-27,30,33-48,50-51,53-57H2,1-6H3,(H-,62,64,66,67)/b22-19-,29-28-,32-31-,52-49-. The number of unbranched alkanes of at least 4 members (excludes halogenated alkanes) is 32. The van der Waals surface area contributed by atoms with E-state index in [1.807, 2.05) is 33.3 Å². The molecule has 416 valence electrons. The summed E-state index contributed by atoms with van der Waals surface area (Å²) in [5.74, 6) is -0.547. The van der Waals surface area contributed by atoms with Gasteiger partial charge in [-0.05, 0) is 70.3 Å². The molecule has 0 aliphatic heterocycles. The zero-order valence-electron chi connectivity index (χ0n) is 47.4. The molecule has 0 fully saturated rings. The number of allylic oxidation sites excluding steroid dienone is 7. The number of quaternary nitrogens is 1. The Balaban J connectivity index is 5.32. The first-order valence-corrected chi connectivity index (χ1v) is 31.4. The van der Waals surface area contributed by atoms with Crippen molar-refractivity contribution in [3.8, 4) is 0 Å². The minimum Gasteiger partial charge on any atom is -0.756 e. The Hall–Kier alpha value is -2.03. The van der Waals surface area contributed by atoms with E-state index in [1.165, 1.54) is 154 Å². The molecule has 3 unspecified atom stereocenters. The first-order valence-electron chi connectivity index (χ1n) is 29.9. The van der Waals surface area contributed by atoms with Gasteiger partial charge in [0, 0.05) is 12.8 Å². The molecule has 0 spiro atoms. The third-order valence-corrected chi connectivity index (χ3v) is 14.2. The number of nitrogens with one attached hydrogen (secondary N) is 1. The molecule has 0 bridgehead atoms. The number of esters is 1. The highest BCUT2D eigenvalue weighted by Gasteiger charge is 2.27. The summed E-state index contributed by atoms with van der Waals surface area (Å²) in [5, 5.41) is 3.02. The fourth-order valence-electron chi connectivity index (χ4n) is 8.59. The fraction of sp³-hybridized carbons (Fsp3) is 0.836. The molecule has 71 heavy (non-hydrogen) atoms. The van der Waals surface area contributed by atoms with Gasteiger partial charge in [-0.15, -0.1) is 0 Å². The molecular weight excluding hydrogens is 904 g/mol. The molecule has 0 saturated carbocycles. The van der Waals surface area contributed by atoms with E-state index in [0.29, 0.717) is 17.4 Å². The number of rotatable bonds is 54. The number of hydrogen-bond acceptors (Lipinski definition) is 7. The van der Waals surface area contributed by atoms with E-state index in [4.69, 9.17) is 13.8 Å². The summed E-state index contributed by atoms with van der Waals surface area (Å²) >= 11 is 0. The second-order valence-corrected chi connectivity index (χ2v) is 22.9. The summed E-state index contributed by atoms with van der Waals surface area (Å²) in [6, 6.07) is -0.892. The predicted octanol–water partition coefficient (Wildman–Crippen LogP) is 17.5. The van der Waals surface area contributed by atoms with Crippen molar-refractivity contribution >= 4 is 19.7 Å². The summed E-state index contributed by atoms with van der Waals surface area (Å²) in [6.45, 7) is 6.82. The van der Waals surface area contributed by atoms with Crippen LogP contribution in [0.3, 0.4) is 0 Å². The van der Waals surface area contributed by atoms with Crippen LogP contribution >= 0.6 is 7.82 Å². The Kier molecular flexibility index (Phi) is 50.0. The monoisotopic (exact) mass is 1020 g/mol. The molecular formula is C61H115N2O7P. The average Bonchev–Trinajstić information content (AvgIpc) is 3.33. The van der Waals surface area contributed by atoms with Gasteiger partial charge < -0.3 is 28.5 Å². The summed E-state index contributed by atoms with van der Waals surface area (Å²) < 4.78 is 30.3. The van der Waals surface area contributed by atoms with Crippen molar-refractivity contribution in [1.82, 2.24) is 5.32 Å². The van der Waals surface area contributed by atoms with Gasteiger partial charge in [-0.3, -0.25) is 14.2 Å². The van der Waals surface area contributed by atoms with Crippen molar-refractivity contribution in [2.45, 2.75) is 290 Å². The van der Waals surface area contributed by atoms with Crippen LogP contribution in [0.4, 0.5) is 0 Å². The average molecular weight is 1020 g/mol. The molecule has 1 amide bonds. The lowest BCUT2D eigenvalue weighted by Gasteiger charge is -2.30. The van der Waals surface area contributed by atoms with E-state index >= 15 is 0 Å². The Morgan fingerprint density at radius 1 is 0.493 bits per heavy atom. The zero-order chi connectivity index (χ0) is 52.2. The fourth-order valence-corrected chi connectivity index (χ4v) is 9.31. The first kappa shape index (κ1) is 69.0. The molecule has 0 aliphatic rings. The molecule has 3 atom stereocenters. The number of hydrogen-bond donors (Lipinski definition) is 1. The van der Waals surface area contributed by atoms with Crippen LogP contribution in [0, 0.1) is 0 Å². The summed E-state index contributed by atoms with van der Waals surface area (Å²) in [5.41, 5.74) is 0. The van der Waals surface area contributed by atoms with E-state index < -0.39 is 26.6 Å². The van der Waals surface area contributed by atoms with Gasteiger partial charge in [-0.2, -0.15) is 0 Å². The molecule has 0 aliphatic carbocycles. The number of phosphoric acid groups is 1. The minimum atomic E-state index is -4.70. The maximum Gasteiger partial charge on any atom is 0.306 e. The van der Waals surface area contributed by atoms with Crippen molar-refractivity contribution < 1.29 is 37.3 Å². The Morgan fingerprint density at radius 3 is 1.31 bits per heavy atom. The number of ether oxygens (including phenoxy) is 1. The Bertz CT molecular complexity index is 1360. The SMILES string of the molecule is CCCCC/C=C\C/C=C\C/C=C\CCCCCCCCC(=O)NC(COP(=O)([O-])OCC[N+](C)(C)C)C(/C=C\CCCCCCCCCCCCC)OC(=O)CCCCCCCCCCCCCCC. The van der Waals surface area contributed by atoms with Crippen LogP contribution in [0.25, 0.3) is 0 Å². The largest absolute Gasteiger partial charge is 0.756 e. The van der Waals surface area contributed by atoms with Crippen LogP contribution in [-0.4, -0.2) is 69.4 Å². The van der Waals surface area contributed by atoms with Gasteiger partial charge >= 0.3 is 5.97 Å². The van der Waals surface area contributed by atoms with Crippen LogP contribution in [-0.2, 0) is 27.9 Å². The van der Waals surface area contributed by atoms with E-state index in [9.17, 15) is 19.0 Å². The summed E-state index contributed by atoms with van der Waals surface area (Å²) in [6.07, 6.45) is 62.1. The molecule has 9 nitrogen and oxygen atoms in total. The molecule has 0 radical (unpaired) electrons. The van der Waals surface area contributed by atoms with Crippen LogP contribution in [0.15, 0.2) is 48.6 Å². The third kappa shape index (κ3) is 52.6. The summed E-state index contributed by atoms with van der Waals surface area (Å²) in [4.78, 5) is 39.9. The molecule has 0 saturated heterocycles.